The van der Waals surface area contributed by atoms with E-state index in [4.69, 9.17) is 10.1 Å². The summed E-state index contributed by atoms with van der Waals surface area (Å²) in [7, 11) is -4.08. The maximum absolute atomic E-state index is 13.7. The predicted molar refractivity (Wildman–Crippen MR) is 139 cm³/mol. The highest BCUT2D eigenvalue weighted by Gasteiger charge is 2.48. The molecular formula is C25H32F3N5O5S. The number of piperidine rings is 1. The lowest BCUT2D eigenvalue weighted by Crippen LogP contribution is -2.50. The van der Waals surface area contributed by atoms with E-state index in [0.717, 1.165) is 54.0 Å². The Balaban J connectivity index is 1.45. The van der Waals surface area contributed by atoms with Gasteiger partial charge in [-0.25, -0.2) is 13.2 Å². The number of amidine groups is 1. The minimum Gasteiger partial charge on any atom is -0.395 e. The van der Waals surface area contributed by atoms with E-state index < -0.39 is 38.9 Å². The lowest BCUT2D eigenvalue weighted by molar-refractivity contribution is -0.137. The normalized spacial score (nSPS) is 20.7. The number of aliphatic imine (C=N–C) groups is 1. The number of alkyl halides is 3. The molecule has 3 aliphatic rings. The highest BCUT2D eigenvalue weighted by molar-refractivity contribution is 7.92. The largest absolute Gasteiger partial charge is 0.417 e. The smallest absolute Gasteiger partial charge is 0.395 e. The van der Waals surface area contributed by atoms with Crippen molar-refractivity contribution < 1.29 is 36.3 Å². The van der Waals surface area contributed by atoms with Crippen LogP contribution in [-0.2, 0) is 21.0 Å². The Bertz CT molecular complexity index is 1250. The fraction of sp³-hybridized carbons (Fsp3) is 0.560. The summed E-state index contributed by atoms with van der Waals surface area (Å²) in [6.45, 7) is -0.384. The van der Waals surface area contributed by atoms with Gasteiger partial charge >= 0.3 is 12.2 Å². The molecule has 1 saturated heterocycles. The lowest BCUT2D eigenvalue weighted by atomic mass is 9.88. The van der Waals surface area contributed by atoms with Crippen molar-refractivity contribution in [3.63, 3.8) is 0 Å². The van der Waals surface area contributed by atoms with Crippen LogP contribution in [0.3, 0.4) is 0 Å². The van der Waals surface area contributed by atoms with Gasteiger partial charge < -0.3 is 21.1 Å². The van der Waals surface area contributed by atoms with Gasteiger partial charge in [0.15, 0.2) is 0 Å². The monoisotopic (exact) mass is 571 g/mol. The molecule has 0 bridgehead atoms. The van der Waals surface area contributed by atoms with E-state index in [1.54, 1.807) is 0 Å². The van der Waals surface area contributed by atoms with Crippen molar-refractivity contribution in [3.8, 4) is 0 Å². The van der Waals surface area contributed by atoms with Gasteiger partial charge in [-0.15, -0.1) is 0 Å². The Labute approximate surface area is 224 Å². The number of benzene rings is 1. The van der Waals surface area contributed by atoms with Crippen LogP contribution >= 0.6 is 0 Å². The summed E-state index contributed by atoms with van der Waals surface area (Å²) in [5, 5.41) is 16.9. The van der Waals surface area contributed by atoms with Crippen molar-refractivity contribution in [2.45, 2.75) is 56.7 Å². The van der Waals surface area contributed by atoms with Crippen molar-refractivity contribution in [2.75, 3.05) is 31.6 Å². The molecule has 0 atom stereocenters. The maximum Gasteiger partial charge on any atom is 0.417 e. The Morgan fingerprint density at radius 1 is 1.21 bits per heavy atom. The molecule has 14 heteroatoms. The second kappa shape index (κ2) is 11.6. The number of aliphatic hydroxyl groups is 1. The third kappa shape index (κ3) is 6.79. The second-order valence-corrected chi connectivity index (χ2v) is 11.8. The molecule has 2 fully saturated rings. The van der Waals surface area contributed by atoms with Crippen LogP contribution < -0.4 is 16.0 Å². The quantitative estimate of drug-likeness (QED) is 0.398. The summed E-state index contributed by atoms with van der Waals surface area (Å²) in [4.78, 5) is 29.2. The molecule has 0 unspecified atom stereocenters. The zero-order valence-electron chi connectivity index (χ0n) is 21.3. The minimum atomic E-state index is -4.82. The molecule has 214 valence electrons. The SMILES string of the molecule is O=C(NCCO)Nc1ccc(/C=C/S(=O)(=O)N2CCC3(CC2)N=C(C2CCCCC2)NC3=O)c(C(F)(F)F)c1. The first-order chi connectivity index (χ1) is 18.4. The van der Waals surface area contributed by atoms with Crippen molar-refractivity contribution in [1.29, 1.82) is 0 Å². The van der Waals surface area contributed by atoms with Crippen molar-refractivity contribution >= 4 is 39.6 Å². The van der Waals surface area contributed by atoms with E-state index in [1.807, 2.05) is 0 Å². The zero-order valence-corrected chi connectivity index (χ0v) is 22.1. The highest BCUT2D eigenvalue weighted by Crippen LogP contribution is 2.36. The van der Waals surface area contributed by atoms with Gasteiger partial charge in [0.1, 0.15) is 11.4 Å². The summed E-state index contributed by atoms with van der Waals surface area (Å²) >= 11 is 0. The van der Waals surface area contributed by atoms with Crippen LogP contribution in [-0.4, -0.2) is 67.4 Å². The number of hydrogen-bond donors (Lipinski definition) is 4. The highest BCUT2D eigenvalue weighted by atomic mass is 32.2. The fourth-order valence-electron chi connectivity index (χ4n) is 5.18. The molecule has 1 saturated carbocycles. The summed E-state index contributed by atoms with van der Waals surface area (Å²) in [5.74, 6) is 0.690. The number of carbonyl (C=O) groups is 2. The number of anilines is 1. The Hall–Kier alpha value is -2.97. The first-order valence-corrected chi connectivity index (χ1v) is 14.4. The van der Waals surface area contributed by atoms with Crippen molar-refractivity contribution in [3.05, 3.63) is 34.7 Å². The summed E-state index contributed by atoms with van der Waals surface area (Å²) in [6, 6.07) is 2.19. The average molecular weight is 572 g/mol. The standard InChI is InChI=1S/C25H32F3N5O5S/c26-25(27,28)20-16-19(30-23(36)29-11-14-34)7-6-17(20)8-15-39(37,38)33-12-9-24(10-13-33)22(35)31-21(32-24)18-4-2-1-3-5-18/h6-8,15-16,18,34H,1-5,9-14H2,(H2,29,30,36)(H,31,32,35)/b15-8+. The number of nitrogens with one attached hydrogen (secondary N) is 3. The number of hydrogen-bond acceptors (Lipinski definition) is 6. The van der Waals surface area contributed by atoms with Gasteiger partial charge in [-0.3, -0.25) is 9.79 Å². The van der Waals surface area contributed by atoms with Gasteiger partial charge in [-0.1, -0.05) is 25.3 Å². The molecule has 4 N–H and O–H groups in total. The second-order valence-electron chi connectivity index (χ2n) is 9.97. The molecule has 1 aromatic carbocycles. The topological polar surface area (TPSA) is 140 Å². The number of nitrogens with zero attached hydrogens (tertiary/aromatic N) is 2. The fourth-order valence-corrected chi connectivity index (χ4v) is 6.36. The van der Waals surface area contributed by atoms with Gasteiger partial charge in [-0.05, 0) is 49.5 Å². The van der Waals surface area contributed by atoms with Crippen molar-refractivity contribution in [1.82, 2.24) is 14.9 Å². The van der Waals surface area contributed by atoms with E-state index in [2.05, 4.69) is 16.0 Å². The van der Waals surface area contributed by atoms with Crippen LogP contribution in [0, 0.1) is 5.92 Å². The predicted octanol–water partition coefficient (Wildman–Crippen LogP) is 3.06. The van der Waals surface area contributed by atoms with Gasteiger partial charge in [0, 0.05) is 36.6 Å². The summed E-state index contributed by atoms with van der Waals surface area (Å²) in [5.41, 5.74) is -2.67. The number of carbonyl (C=O) groups excluding carboxylic acids is 2. The van der Waals surface area contributed by atoms with Crippen LogP contribution in [0.4, 0.5) is 23.7 Å². The number of rotatable bonds is 7. The summed E-state index contributed by atoms with van der Waals surface area (Å²) in [6.07, 6.45) is 1.70. The molecule has 4 rings (SSSR count). The summed E-state index contributed by atoms with van der Waals surface area (Å²) < 4.78 is 68.2. The average Bonchev–Trinajstić information content (AvgIpc) is 3.22. The number of amides is 3. The number of sulfonamides is 1. The Morgan fingerprint density at radius 2 is 1.90 bits per heavy atom. The first-order valence-electron chi connectivity index (χ1n) is 12.9. The van der Waals surface area contributed by atoms with E-state index >= 15 is 0 Å². The molecule has 0 aromatic heterocycles. The van der Waals surface area contributed by atoms with E-state index in [0.29, 0.717) is 11.9 Å². The van der Waals surface area contributed by atoms with Crippen LogP contribution in [0.1, 0.15) is 56.1 Å². The Morgan fingerprint density at radius 3 is 2.54 bits per heavy atom. The van der Waals surface area contributed by atoms with Crippen LogP contribution in [0.15, 0.2) is 28.6 Å². The molecular weight excluding hydrogens is 539 g/mol. The molecule has 1 spiro atoms. The van der Waals surface area contributed by atoms with Crippen LogP contribution in [0.25, 0.3) is 6.08 Å². The number of halogens is 3. The molecule has 3 amide bonds. The van der Waals surface area contributed by atoms with Crippen molar-refractivity contribution in [2.24, 2.45) is 10.9 Å². The molecule has 1 aromatic rings. The number of aliphatic hydroxyl groups excluding tert-OH is 1. The number of urea groups is 1. The van der Waals surface area contributed by atoms with Gasteiger partial charge in [0.25, 0.3) is 5.91 Å². The van der Waals surface area contributed by atoms with Crippen LogP contribution in [0.5, 0.6) is 0 Å². The molecule has 1 aliphatic carbocycles. The van der Waals surface area contributed by atoms with E-state index in [-0.39, 0.29) is 56.6 Å². The molecule has 10 nitrogen and oxygen atoms in total. The first kappa shape index (κ1) is 29.0. The van der Waals surface area contributed by atoms with E-state index in [9.17, 15) is 31.2 Å². The van der Waals surface area contributed by atoms with Gasteiger partial charge in [0.05, 0.1) is 12.2 Å². The molecule has 0 radical (unpaired) electrons. The minimum absolute atomic E-state index is 0.0134. The third-order valence-corrected chi connectivity index (χ3v) is 8.90. The molecule has 2 heterocycles. The van der Waals surface area contributed by atoms with Gasteiger partial charge in [-0.2, -0.15) is 17.5 Å². The zero-order chi connectivity index (χ0) is 28.3. The van der Waals surface area contributed by atoms with Gasteiger partial charge in [0.2, 0.25) is 10.0 Å². The third-order valence-electron chi connectivity index (χ3n) is 7.33. The molecule has 2 aliphatic heterocycles. The molecule has 39 heavy (non-hydrogen) atoms. The van der Waals surface area contributed by atoms with Crippen LogP contribution in [0.2, 0.25) is 0 Å². The maximum atomic E-state index is 13.7. The lowest BCUT2D eigenvalue weighted by Gasteiger charge is -2.34. The van der Waals surface area contributed by atoms with E-state index in [1.165, 1.54) is 6.07 Å². The Kier molecular flexibility index (Phi) is 8.66.